The Morgan fingerprint density at radius 3 is 2.71 bits per heavy atom. The number of hydrogen-bond acceptors (Lipinski definition) is 4. The molecule has 1 aliphatic heterocycles. The zero-order valence-corrected chi connectivity index (χ0v) is 12.5. The van der Waals surface area contributed by atoms with Gasteiger partial charge in [0.2, 0.25) is 5.91 Å². The molecule has 1 amide bonds. The Morgan fingerprint density at radius 2 is 2.19 bits per heavy atom. The van der Waals surface area contributed by atoms with E-state index in [4.69, 9.17) is 5.73 Å². The Balaban J connectivity index is 2.55. The molecule has 2 rings (SSSR count). The van der Waals surface area contributed by atoms with Crippen LogP contribution in [0.25, 0.3) is 0 Å². The van der Waals surface area contributed by atoms with Crippen molar-refractivity contribution in [2.24, 2.45) is 11.7 Å². The SMILES string of the molecule is CC[C@@]1(C(=O)O)Cc2cccnc2N1C(=O)[C@@H](N)C(C)C. The number of rotatable bonds is 4. The Hall–Kier alpha value is -1.95. The highest BCUT2D eigenvalue weighted by molar-refractivity contribution is 6.05. The highest BCUT2D eigenvalue weighted by atomic mass is 16.4. The molecule has 114 valence electrons. The molecule has 0 bridgehead atoms. The molecule has 21 heavy (non-hydrogen) atoms. The molecule has 0 saturated heterocycles. The van der Waals surface area contributed by atoms with E-state index in [2.05, 4.69) is 4.98 Å². The maximum absolute atomic E-state index is 12.7. The van der Waals surface area contributed by atoms with Gasteiger partial charge in [0.25, 0.3) is 0 Å². The number of amides is 1. The van der Waals surface area contributed by atoms with E-state index >= 15 is 0 Å². The molecule has 1 aliphatic rings. The van der Waals surface area contributed by atoms with Crippen molar-refractivity contribution >= 4 is 17.7 Å². The molecule has 2 atom stereocenters. The maximum Gasteiger partial charge on any atom is 0.330 e. The molecule has 0 aromatic carbocycles. The first-order valence-electron chi connectivity index (χ1n) is 7.12. The molecule has 1 aromatic heterocycles. The van der Waals surface area contributed by atoms with Gasteiger partial charge in [-0.25, -0.2) is 9.78 Å². The van der Waals surface area contributed by atoms with Crippen LogP contribution in [0.15, 0.2) is 18.3 Å². The summed E-state index contributed by atoms with van der Waals surface area (Å²) in [6.07, 6.45) is 2.13. The van der Waals surface area contributed by atoms with Gasteiger partial charge in [-0.3, -0.25) is 9.69 Å². The average Bonchev–Trinajstić information content (AvgIpc) is 2.80. The molecule has 0 radical (unpaired) electrons. The van der Waals surface area contributed by atoms with E-state index in [9.17, 15) is 14.7 Å². The minimum absolute atomic E-state index is 0.0754. The van der Waals surface area contributed by atoms with Gasteiger partial charge in [-0.15, -0.1) is 0 Å². The number of nitrogens with two attached hydrogens (primary N) is 1. The second kappa shape index (κ2) is 5.44. The summed E-state index contributed by atoms with van der Waals surface area (Å²) in [6, 6.07) is 2.81. The number of aromatic nitrogens is 1. The van der Waals surface area contributed by atoms with E-state index in [1.54, 1.807) is 19.2 Å². The number of pyridine rings is 1. The van der Waals surface area contributed by atoms with Crippen molar-refractivity contribution in [3.63, 3.8) is 0 Å². The predicted molar refractivity (Wildman–Crippen MR) is 78.9 cm³/mol. The Labute approximate surface area is 124 Å². The standard InChI is InChI=1S/C15H21N3O3/c1-4-15(14(20)21)8-10-6-5-7-17-12(10)18(15)13(19)11(16)9(2)3/h5-7,9,11H,4,8,16H2,1-3H3,(H,20,21)/t11-,15-/m0/s1. The zero-order valence-electron chi connectivity index (χ0n) is 12.5. The monoisotopic (exact) mass is 291 g/mol. The number of carbonyl (C=O) groups is 2. The lowest BCUT2D eigenvalue weighted by Gasteiger charge is -2.35. The van der Waals surface area contributed by atoms with Crippen LogP contribution in [-0.4, -0.2) is 33.5 Å². The van der Waals surface area contributed by atoms with Gasteiger partial charge in [0.05, 0.1) is 6.04 Å². The topological polar surface area (TPSA) is 96.5 Å². The number of carboxylic acids is 1. The largest absolute Gasteiger partial charge is 0.479 e. The predicted octanol–water partition coefficient (Wildman–Crippen LogP) is 1.19. The third-order valence-electron chi connectivity index (χ3n) is 4.20. The normalized spacial score (nSPS) is 22.2. The molecule has 3 N–H and O–H groups in total. The number of carboxylic acid groups (broad SMARTS) is 1. The minimum Gasteiger partial charge on any atom is -0.479 e. The molecular formula is C15H21N3O3. The van der Waals surface area contributed by atoms with E-state index < -0.39 is 17.6 Å². The highest BCUT2D eigenvalue weighted by Crippen LogP contribution is 2.40. The molecule has 1 aromatic rings. The van der Waals surface area contributed by atoms with Crippen LogP contribution >= 0.6 is 0 Å². The zero-order chi connectivity index (χ0) is 15.8. The van der Waals surface area contributed by atoms with Crippen LogP contribution in [0.2, 0.25) is 0 Å². The summed E-state index contributed by atoms with van der Waals surface area (Å²) < 4.78 is 0. The summed E-state index contributed by atoms with van der Waals surface area (Å²) >= 11 is 0. The van der Waals surface area contributed by atoms with E-state index in [0.29, 0.717) is 12.2 Å². The summed E-state index contributed by atoms with van der Waals surface area (Å²) in [5.41, 5.74) is 5.44. The summed E-state index contributed by atoms with van der Waals surface area (Å²) in [4.78, 5) is 30.1. The van der Waals surface area contributed by atoms with Crippen LogP contribution in [0, 0.1) is 5.92 Å². The molecular weight excluding hydrogens is 270 g/mol. The van der Waals surface area contributed by atoms with E-state index in [0.717, 1.165) is 5.56 Å². The van der Waals surface area contributed by atoms with Gasteiger partial charge in [-0.1, -0.05) is 26.8 Å². The Morgan fingerprint density at radius 1 is 1.52 bits per heavy atom. The van der Waals surface area contributed by atoms with Crippen molar-refractivity contribution in [3.05, 3.63) is 23.9 Å². The van der Waals surface area contributed by atoms with Gasteiger partial charge in [-0.05, 0) is 24.0 Å². The van der Waals surface area contributed by atoms with Crippen LogP contribution in [0.1, 0.15) is 32.8 Å². The van der Waals surface area contributed by atoms with Crippen molar-refractivity contribution in [2.45, 2.75) is 45.2 Å². The van der Waals surface area contributed by atoms with Crippen LogP contribution in [0.5, 0.6) is 0 Å². The van der Waals surface area contributed by atoms with Gasteiger partial charge >= 0.3 is 5.97 Å². The third kappa shape index (κ3) is 2.29. The first-order chi connectivity index (χ1) is 9.85. The van der Waals surface area contributed by atoms with Gasteiger partial charge in [-0.2, -0.15) is 0 Å². The number of fused-ring (bicyclic) bond motifs is 1. The smallest absolute Gasteiger partial charge is 0.330 e. The number of nitrogens with zero attached hydrogens (tertiary/aromatic N) is 2. The van der Waals surface area contributed by atoms with Crippen molar-refractivity contribution in [1.82, 2.24) is 4.98 Å². The van der Waals surface area contributed by atoms with Gasteiger partial charge in [0, 0.05) is 12.6 Å². The van der Waals surface area contributed by atoms with E-state index in [-0.39, 0.29) is 18.2 Å². The van der Waals surface area contributed by atoms with E-state index in [1.165, 1.54) is 4.90 Å². The molecule has 0 unspecified atom stereocenters. The Bertz CT molecular complexity index is 573. The molecule has 2 heterocycles. The fourth-order valence-corrected chi connectivity index (χ4v) is 2.72. The molecule has 0 fully saturated rings. The van der Waals surface area contributed by atoms with E-state index in [1.807, 2.05) is 19.9 Å². The fraction of sp³-hybridized carbons (Fsp3) is 0.533. The summed E-state index contributed by atoms with van der Waals surface area (Å²) in [7, 11) is 0. The quantitative estimate of drug-likeness (QED) is 0.868. The number of aliphatic carboxylic acids is 1. The van der Waals surface area contributed by atoms with Crippen LogP contribution in [-0.2, 0) is 16.0 Å². The van der Waals surface area contributed by atoms with Crippen molar-refractivity contribution in [3.8, 4) is 0 Å². The van der Waals surface area contributed by atoms with Gasteiger partial charge in [0.15, 0.2) is 5.54 Å². The first kappa shape index (κ1) is 15.4. The summed E-state index contributed by atoms with van der Waals surface area (Å²) in [6.45, 7) is 5.44. The lowest BCUT2D eigenvalue weighted by molar-refractivity contribution is -0.145. The van der Waals surface area contributed by atoms with Crippen LogP contribution in [0.3, 0.4) is 0 Å². The average molecular weight is 291 g/mol. The van der Waals surface area contributed by atoms with Crippen molar-refractivity contribution in [2.75, 3.05) is 4.90 Å². The molecule has 6 heteroatoms. The van der Waals surface area contributed by atoms with Crippen LogP contribution in [0.4, 0.5) is 5.82 Å². The van der Waals surface area contributed by atoms with Crippen LogP contribution < -0.4 is 10.6 Å². The number of anilines is 1. The number of hydrogen-bond donors (Lipinski definition) is 2. The second-order valence-electron chi connectivity index (χ2n) is 5.80. The molecule has 6 nitrogen and oxygen atoms in total. The summed E-state index contributed by atoms with van der Waals surface area (Å²) in [5.74, 6) is -1.06. The number of carbonyl (C=O) groups excluding carboxylic acids is 1. The van der Waals surface area contributed by atoms with Crippen molar-refractivity contribution < 1.29 is 14.7 Å². The highest BCUT2D eigenvalue weighted by Gasteiger charge is 2.53. The maximum atomic E-state index is 12.7. The molecule has 0 spiro atoms. The minimum atomic E-state index is -1.29. The molecule has 0 aliphatic carbocycles. The first-order valence-corrected chi connectivity index (χ1v) is 7.12. The van der Waals surface area contributed by atoms with Crippen molar-refractivity contribution in [1.29, 1.82) is 0 Å². The van der Waals surface area contributed by atoms with Gasteiger partial charge < -0.3 is 10.8 Å². The lowest BCUT2D eigenvalue weighted by Crippen LogP contribution is -2.60. The summed E-state index contributed by atoms with van der Waals surface area (Å²) in [5, 5.41) is 9.71. The fourth-order valence-electron chi connectivity index (χ4n) is 2.72. The Kier molecular flexibility index (Phi) is 4.00. The second-order valence-corrected chi connectivity index (χ2v) is 5.80. The molecule has 0 saturated carbocycles. The lowest BCUT2D eigenvalue weighted by atomic mass is 9.90. The third-order valence-corrected chi connectivity index (χ3v) is 4.20. The van der Waals surface area contributed by atoms with Gasteiger partial charge in [0.1, 0.15) is 5.82 Å².